The summed E-state index contributed by atoms with van der Waals surface area (Å²) in [5.74, 6) is 9.51. The van der Waals surface area contributed by atoms with E-state index < -0.39 is 0 Å². The van der Waals surface area contributed by atoms with Crippen molar-refractivity contribution < 1.29 is 19.1 Å². The Morgan fingerprint density at radius 2 is 1.00 bits per heavy atom. The number of nitrogen functional groups attached to an aromatic ring is 2. The zero-order valence-electron chi connectivity index (χ0n) is 44.0. The molecule has 0 amide bonds. The fourth-order valence-corrected chi connectivity index (χ4v) is 14.7. The number of hydrogen-bond acceptors (Lipinski definition) is 24. The predicted molar refractivity (Wildman–Crippen MR) is 340 cm³/mol. The quantitative estimate of drug-likeness (QED) is 0.0892. The van der Waals surface area contributed by atoms with Gasteiger partial charge in [-0.3, -0.25) is 19.6 Å². The average molecular weight is 1230 g/mol. The maximum absolute atomic E-state index is 12.4. The number of aromatic amines is 2. The molecule has 0 atom stereocenters. The van der Waals surface area contributed by atoms with Gasteiger partial charge < -0.3 is 40.5 Å². The molecule has 80 heavy (non-hydrogen) atoms. The van der Waals surface area contributed by atoms with Crippen LogP contribution in [0.4, 0.5) is 23.3 Å². The number of methoxy groups -OCH3 is 2. The summed E-state index contributed by atoms with van der Waals surface area (Å²) in [6.07, 6.45) is 4.25. The lowest BCUT2D eigenvalue weighted by atomic mass is 10.1. The van der Waals surface area contributed by atoms with E-state index in [1.54, 1.807) is 21.2 Å². The first-order valence-electron chi connectivity index (χ1n) is 25.1. The summed E-state index contributed by atoms with van der Waals surface area (Å²) in [5, 5.41) is 24.3. The number of rotatable bonds is 6. The number of hydrogen-bond donors (Lipinski definition) is 4. The van der Waals surface area contributed by atoms with E-state index in [1.807, 2.05) is 118 Å². The SMILES string of the molecule is COC(=O)c1scc(-c2ccccc2)c1N.COC(=O)c1sccc1N.N#CN1CCSCC1.N#CN1CCSCC1.O=c1[nH]c(N2CCSCC2)nc2c(-c3ccccc3)csc12.O=c1[nH]c(N2CCSCC2)nc2ccsc12. The van der Waals surface area contributed by atoms with Crippen molar-refractivity contribution in [3.63, 3.8) is 0 Å². The molecule has 4 aliphatic heterocycles. The highest BCUT2D eigenvalue weighted by Crippen LogP contribution is 2.35. The number of anilines is 4. The number of ether oxygens (including phenoxy) is 2. The number of thioether (sulfide) groups is 4. The fourth-order valence-electron chi connectivity index (χ4n) is 7.81. The zero-order chi connectivity index (χ0) is 56.6. The molecule has 4 saturated heterocycles. The van der Waals surface area contributed by atoms with Gasteiger partial charge in [0.25, 0.3) is 11.1 Å². The Hall–Kier alpha value is -6.36. The monoisotopic (exact) mass is 1230 g/mol. The van der Waals surface area contributed by atoms with Crippen LogP contribution >= 0.6 is 92.4 Å². The van der Waals surface area contributed by atoms with Gasteiger partial charge in [-0.1, -0.05) is 60.7 Å². The summed E-state index contributed by atoms with van der Waals surface area (Å²) in [5.41, 5.74) is 17.9. The number of carbonyl (C=O) groups excluding carboxylic acids is 2. The van der Waals surface area contributed by atoms with E-state index in [-0.39, 0.29) is 23.1 Å². The van der Waals surface area contributed by atoms with Gasteiger partial charge in [-0.25, -0.2) is 19.6 Å². The topological polar surface area (TPSA) is 257 Å². The molecule has 4 fully saturated rings. The van der Waals surface area contributed by atoms with Crippen molar-refractivity contribution in [1.82, 2.24) is 29.7 Å². The van der Waals surface area contributed by atoms with Gasteiger partial charge in [-0.2, -0.15) is 57.6 Å². The van der Waals surface area contributed by atoms with Gasteiger partial charge in [0.15, 0.2) is 12.4 Å². The van der Waals surface area contributed by atoms with E-state index in [0.29, 0.717) is 31.8 Å². The Kier molecular flexibility index (Phi) is 24.6. The average Bonchev–Trinajstić information content (AvgIpc) is 4.42. The summed E-state index contributed by atoms with van der Waals surface area (Å²) in [6, 6.07) is 23.4. The van der Waals surface area contributed by atoms with Crippen LogP contribution in [0.15, 0.2) is 104 Å². The van der Waals surface area contributed by atoms with Crippen molar-refractivity contribution >= 4 is 148 Å². The van der Waals surface area contributed by atoms with Crippen molar-refractivity contribution in [3.8, 4) is 34.6 Å². The number of carbonyl (C=O) groups is 2. The molecule has 0 unspecified atom stereocenters. The number of esters is 2. The lowest BCUT2D eigenvalue weighted by Crippen LogP contribution is -2.34. The molecular formula is C54H60N12O6S8. The van der Waals surface area contributed by atoms with Crippen molar-refractivity contribution in [2.24, 2.45) is 0 Å². The van der Waals surface area contributed by atoms with E-state index >= 15 is 0 Å². The Morgan fingerprint density at radius 1 is 0.550 bits per heavy atom. The van der Waals surface area contributed by atoms with Crippen LogP contribution in [-0.4, -0.2) is 154 Å². The van der Waals surface area contributed by atoms with Crippen LogP contribution in [0.1, 0.15) is 19.3 Å². The number of nitriles is 2. The number of nitrogens with one attached hydrogen (secondary N) is 2. The van der Waals surface area contributed by atoms with Gasteiger partial charge >= 0.3 is 11.9 Å². The molecule has 10 heterocycles. The molecule has 420 valence electrons. The van der Waals surface area contributed by atoms with E-state index in [4.69, 9.17) is 27.0 Å². The number of nitrogens with two attached hydrogens (primary N) is 2. The Bertz CT molecular complexity index is 3390. The normalized spacial score (nSPS) is 14.8. The van der Waals surface area contributed by atoms with E-state index in [1.165, 1.54) is 59.6 Å². The van der Waals surface area contributed by atoms with Gasteiger partial charge in [0.1, 0.15) is 19.2 Å². The van der Waals surface area contributed by atoms with Crippen LogP contribution < -0.4 is 32.4 Å². The minimum Gasteiger partial charge on any atom is -0.465 e. The molecule has 26 heteroatoms. The number of fused-ring (bicyclic) bond motifs is 2. The highest BCUT2D eigenvalue weighted by Gasteiger charge is 2.20. The molecule has 6 N–H and O–H groups in total. The molecule has 0 saturated carbocycles. The van der Waals surface area contributed by atoms with E-state index in [2.05, 4.69) is 58.7 Å². The minimum absolute atomic E-state index is 0.0202. The van der Waals surface area contributed by atoms with Crippen LogP contribution in [0.5, 0.6) is 0 Å². The molecule has 4 aliphatic rings. The van der Waals surface area contributed by atoms with Crippen molar-refractivity contribution in [2.75, 3.05) is 134 Å². The fraction of sp³-hybridized carbons (Fsp3) is 0.333. The maximum Gasteiger partial charge on any atom is 0.350 e. The van der Waals surface area contributed by atoms with Gasteiger partial charge in [0.2, 0.25) is 11.9 Å². The summed E-state index contributed by atoms with van der Waals surface area (Å²) in [4.78, 5) is 70.3. The van der Waals surface area contributed by atoms with Crippen LogP contribution in [0.25, 0.3) is 42.7 Å². The van der Waals surface area contributed by atoms with Crippen LogP contribution in [0.2, 0.25) is 0 Å². The van der Waals surface area contributed by atoms with Crippen molar-refractivity contribution in [1.29, 1.82) is 10.5 Å². The van der Waals surface area contributed by atoms with Crippen LogP contribution in [0.3, 0.4) is 0 Å². The molecule has 2 aromatic carbocycles. The lowest BCUT2D eigenvalue weighted by Gasteiger charge is -2.26. The Morgan fingerprint density at radius 3 is 1.48 bits per heavy atom. The second kappa shape index (κ2) is 32.2. The maximum atomic E-state index is 12.4. The first-order chi connectivity index (χ1) is 39.0. The first kappa shape index (κ1) is 61.3. The third-order valence-corrected chi connectivity index (χ3v) is 19.6. The molecule has 18 nitrogen and oxygen atoms in total. The van der Waals surface area contributed by atoms with Crippen molar-refractivity contribution in [2.45, 2.75) is 0 Å². The van der Waals surface area contributed by atoms with E-state index in [9.17, 15) is 19.2 Å². The number of H-pyrrole nitrogens is 2. The highest BCUT2D eigenvalue weighted by molar-refractivity contribution is 8.00. The lowest BCUT2D eigenvalue weighted by molar-refractivity contribution is 0.0598. The summed E-state index contributed by atoms with van der Waals surface area (Å²) in [7, 11) is 2.69. The molecule has 0 radical (unpaired) electrons. The molecule has 6 aromatic heterocycles. The molecule has 12 rings (SSSR count). The van der Waals surface area contributed by atoms with Crippen molar-refractivity contribution in [3.05, 3.63) is 125 Å². The number of nitrogens with zero attached hydrogens (tertiary/aromatic N) is 8. The Balaban J connectivity index is 0.000000144. The summed E-state index contributed by atoms with van der Waals surface area (Å²) < 4.78 is 10.5. The minimum atomic E-state index is -0.385. The smallest absolute Gasteiger partial charge is 0.350 e. The number of thiophene rings is 4. The van der Waals surface area contributed by atoms with Gasteiger partial charge in [-0.05, 0) is 34.0 Å². The van der Waals surface area contributed by atoms with Gasteiger partial charge in [0, 0.05) is 120 Å². The number of benzene rings is 2. The number of aromatic nitrogens is 4. The second-order valence-corrected chi connectivity index (χ2v) is 25.6. The molecule has 0 aliphatic carbocycles. The molecular weight excluding hydrogens is 1170 g/mol. The third-order valence-electron chi connectivity index (χ3n) is 12.1. The summed E-state index contributed by atoms with van der Waals surface area (Å²) >= 11 is 13.2. The second-order valence-electron chi connectivity index (χ2n) is 17.2. The first-order valence-corrected chi connectivity index (χ1v) is 33.2. The zero-order valence-corrected chi connectivity index (χ0v) is 50.5. The Labute approximate surface area is 496 Å². The van der Waals surface area contributed by atoms with Gasteiger partial charge in [-0.15, -0.1) is 45.3 Å². The molecule has 0 bridgehead atoms. The highest BCUT2D eigenvalue weighted by atomic mass is 32.2. The van der Waals surface area contributed by atoms with Crippen LogP contribution in [-0.2, 0) is 9.47 Å². The van der Waals surface area contributed by atoms with Crippen LogP contribution in [0, 0.1) is 22.9 Å². The third kappa shape index (κ3) is 17.3. The predicted octanol–water partition coefficient (Wildman–Crippen LogP) is 9.68. The molecule has 8 aromatic rings. The van der Waals surface area contributed by atoms with Gasteiger partial charge in [0.05, 0.1) is 36.6 Å². The van der Waals surface area contributed by atoms with E-state index in [0.717, 1.165) is 142 Å². The summed E-state index contributed by atoms with van der Waals surface area (Å²) in [6.45, 7) is 7.57. The molecule has 0 spiro atoms. The standard InChI is InChI=1S/C16H15N3OS2.C12H11NO2S.C10H11N3OS2.C6H7NO2S.2C5H8N2S/c20-15-14-13(12(10-22-14)11-4-2-1-3-5-11)17-16(18-15)19-6-8-21-9-7-19;1-15-12(14)11-10(13)9(7-16-11)8-5-3-2-4-6-8;14-9-8-7(1-4-16-8)11-10(12-9)13-2-5-15-6-3-13;1-9-6(8)5-4(7)2-3-10-5;2*6-5-7-1-3-8-4-2-7/h1-5,10H,6-9H2,(H,17,18,20);2-7H,13H2,1H3;1,4H,2-3,5-6H2,(H,11,12,14);2-3H,7H2,1H3;2*1-4H2. The largest absolute Gasteiger partial charge is 0.465 e.